The normalized spacial score (nSPS) is 13.2. The van der Waals surface area contributed by atoms with Crippen LogP contribution in [0.2, 0.25) is 0 Å². The van der Waals surface area contributed by atoms with Crippen LogP contribution < -0.4 is 14.5 Å². The van der Waals surface area contributed by atoms with Crippen LogP contribution >= 0.6 is 0 Å². The fraction of sp³-hybridized carbons (Fsp3) is 0.222. The van der Waals surface area contributed by atoms with Gasteiger partial charge in [-0.15, -0.1) is 48.1 Å². The van der Waals surface area contributed by atoms with Gasteiger partial charge in [0.05, 0.1) is 0 Å². The van der Waals surface area contributed by atoms with Crippen LogP contribution in [0.15, 0.2) is 140 Å². The van der Waals surface area contributed by atoms with E-state index in [0.29, 0.717) is 11.5 Å². The topological polar surface area (TPSA) is 33.5 Å². The third-order valence-corrected chi connectivity index (χ3v) is 11.4. The summed E-state index contributed by atoms with van der Waals surface area (Å²) in [5.74, 6) is 2.07. The maximum atomic E-state index is 6.60. The molecule has 0 N–H and O–H groups in total. The Kier molecular flexibility index (Phi) is 10.6. The molecule has 2 aromatic heterocycles. The van der Waals surface area contributed by atoms with Gasteiger partial charge in [0.1, 0.15) is 5.82 Å². The standard InChI is InChI=1S/C54H51N4O.Pt/c1-52(2,3)38-23-21-36(22-24-38)37-29-40(54(7,8)9)31-42(30-37)57-35-56(48-19-12-13-20-49(48)57)41-15-14-16-43(33-41)59-44-25-26-46-45-17-10-11-18-47(45)58(50(46)34-44)51-32-39(27-28-55-51)53(4,5)6;/h10-32,35H,1-9H3;/q-3;. The number of anilines is 4. The molecule has 0 spiro atoms. The number of para-hydroxylation sites is 3. The summed E-state index contributed by atoms with van der Waals surface area (Å²) in [6, 6.07) is 54.7. The molecule has 0 amide bonds. The number of hydrogen-bond donors (Lipinski definition) is 0. The SMILES string of the molecule is CC(C)(C)c1ccc(-c2cc(N3[CH-]N(c4[c-]c(Oc5[c-]c6c(cc5)c5ccccc5n6-c5cc(C(C)(C)C)ccn5)ccc4)c4ccccc43)cc(C(C)(C)C)c2)cc1.[Pt]. The first-order chi connectivity index (χ1) is 28.1. The first-order valence-corrected chi connectivity index (χ1v) is 20.5. The molecular weight excluding hydrogens is 916 g/mol. The average molecular weight is 967 g/mol. The van der Waals surface area contributed by atoms with Crippen LogP contribution in [0.1, 0.15) is 79.0 Å². The van der Waals surface area contributed by atoms with Crippen molar-refractivity contribution in [3.63, 3.8) is 0 Å². The van der Waals surface area contributed by atoms with E-state index in [1.165, 1.54) is 27.8 Å². The van der Waals surface area contributed by atoms with Gasteiger partial charge in [-0.2, -0.15) is 12.1 Å². The van der Waals surface area contributed by atoms with Gasteiger partial charge in [-0.25, -0.2) is 4.98 Å². The number of hydrogen-bond acceptors (Lipinski definition) is 4. The van der Waals surface area contributed by atoms with E-state index in [4.69, 9.17) is 9.72 Å². The molecule has 0 fully saturated rings. The zero-order valence-corrected chi connectivity index (χ0v) is 38.1. The quantitative estimate of drug-likeness (QED) is 0.156. The second-order valence-corrected chi connectivity index (χ2v) is 18.8. The van der Waals surface area contributed by atoms with E-state index >= 15 is 0 Å². The summed E-state index contributed by atoms with van der Waals surface area (Å²) < 4.78 is 8.79. The Hall–Kier alpha value is -5.64. The largest absolute Gasteiger partial charge is 0.509 e. The van der Waals surface area contributed by atoms with Crippen molar-refractivity contribution in [2.75, 3.05) is 9.80 Å². The van der Waals surface area contributed by atoms with E-state index in [-0.39, 0.29) is 37.3 Å². The minimum atomic E-state index is -0.0458. The first-order valence-electron chi connectivity index (χ1n) is 20.5. The first kappa shape index (κ1) is 41.1. The molecule has 6 aromatic carbocycles. The average Bonchev–Trinajstić information content (AvgIpc) is 3.76. The molecular formula is C54H51N4OPt-3. The second-order valence-electron chi connectivity index (χ2n) is 18.8. The molecule has 0 unspecified atom stereocenters. The van der Waals surface area contributed by atoms with E-state index in [1.54, 1.807) is 0 Å². The summed E-state index contributed by atoms with van der Waals surface area (Å²) in [4.78, 5) is 9.33. The molecule has 0 saturated carbocycles. The molecule has 8 aromatic rings. The number of nitrogens with zero attached hydrogens (tertiary/aromatic N) is 4. The zero-order valence-electron chi connectivity index (χ0n) is 35.9. The molecule has 306 valence electrons. The summed E-state index contributed by atoms with van der Waals surface area (Å²) in [5, 5.41) is 2.24. The number of pyridine rings is 1. The Morgan fingerprint density at radius 3 is 1.92 bits per heavy atom. The molecule has 1 aliphatic rings. The van der Waals surface area contributed by atoms with Crippen molar-refractivity contribution in [2.24, 2.45) is 0 Å². The van der Waals surface area contributed by atoms with Crippen LogP contribution in [0.25, 0.3) is 38.8 Å². The predicted molar refractivity (Wildman–Crippen MR) is 246 cm³/mol. The van der Waals surface area contributed by atoms with Crippen LogP contribution in [0.3, 0.4) is 0 Å². The molecule has 3 heterocycles. The van der Waals surface area contributed by atoms with Crippen LogP contribution in [0.4, 0.5) is 22.7 Å². The molecule has 0 radical (unpaired) electrons. The van der Waals surface area contributed by atoms with Gasteiger partial charge in [0.25, 0.3) is 0 Å². The van der Waals surface area contributed by atoms with Crippen LogP contribution in [-0.2, 0) is 37.3 Å². The number of rotatable bonds is 6. The van der Waals surface area contributed by atoms with Gasteiger partial charge in [0, 0.05) is 61.3 Å². The van der Waals surface area contributed by atoms with Gasteiger partial charge < -0.3 is 19.1 Å². The van der Waals surface area contributed by atoms with Crippen molar-refractivity contribution < 1.29 is 25.8 Å². The predicted octanol–water partition coefficient (Wildman–Crippen LogP) is 14.5. The Labute approximate surface area is 369 Å². The summed E-state index contributed by atoms with van der Waals surface area (Å²) in [5.41, 5.74) is 12.4. The summed E-state index contributed by atoms with van der Waals surface area (Å²) in [6.07, 6.45) is 1.90. The molecule has 0 aliphatic carbocycles. The molecule has 5 nitrogen and oxygen atoms in total. The van der Waals surface area contributed by atoms with Gasteiger partial charge in [-0.05, 0) is 91.9 Å². The Morgan fingerprint density at radius 2 is 1.20 bits per heavy atom. The number of benzene rings is 6. The Balaban J connectivity index is 0.00000499. The second kappa shape index (κ2) is 15.4. The third kappa shape index (κ3) is 7.77. The molecule has 6 heteroatoms. The van der Waals surface area contributed by atoms with Gasteiger partial charge >= 0.3 is 0 Å². The maximum Gasteiger partial charge on any atom is 0.135 e. The van der Waals surface area contributed by atoms with Crippen molar-refractivity contribution >= 4 is 44.6 Å². The van der Waals surface area contributed by atoms with Gasteiger partial charge in [-0.1, -0.05) is 128 Å². The Morgan fingerprint density at radius 1 is 0.533 bits per heavy atom. The fourth-order valence-electron chi connectivity index (χ4n) is 7.96. The van der Waals surface area contributed by atoms with E-state index in [1.807, 2.05) is 24.4 Å². The number of fused-ring (bicyclic) bond motifs is 4. The van der Waals surface area contributed by atoms with Crippen molar-refractivity contribution in [2.45, 2.75) is 78.6 Å². The maximum absolute atomic E-state index is 6.60. The van der Waals surface area contributed by atoms with Crippen molar-refractivity contribution in [3.05, 3.63) is 175 Å². The third-order valence-electron chi connectivity index (χ3n) is 11.4. The summed E-state index contributed by atoms with van der Waals surface area (Å²) in [6.45, 7) is 22.5. The molecule has 1 aliphatic heterocycles. The zero-order chi connectivity index (χ0) is 41.3. The molecule has 60 heavy (non-hydrogen) atoms. The van der Waals surface area contributed by atoms with Crippen molar-refractivity contribution in [3.8, 4) is 28.4 Å². The fourth-order valence-corrected chi connectivity index (χ4v) is 7.96. The molecule has 0 saturated heterocycles. The number of aromatic nitrogens is 2. The van der Waals surface area contributed by atoms with Gasteiger partial charge in [0.2, 0.25) is 0 Å². The smallest absolute Gasteiger partial charge is 0.135 e. The molecule has 9 rings (SSSR count). The minimum Gasteiger partial charge on any atom is -0.509 e. The molecule has 0 atom stereocenters. The number of ether oxygens (including phenoxy) is 1. The van der Waals surface area contributed by atoms with E-state index in [2.05, 4.69) is 211 Å². The monoisotopic (exact) mass is 966 g/mol. The van der Waals surface area contributed by atoms with Crippen LogP contribution in [0.5, 0.6) is 11.5 Å². The van der Waals surface area contributed by atoms with Crippen molar-refractivity contribution in [1.82, 2.24) is 9.55 Å². The van der Waals surface area contributed by atoms with E-state index < -0.39 is 0 Å². The van der Waals surface area contributed by atoms with Gasteiger partial charge in [0.15, 0.2) is 0 Å². The molecule has 0 bridgehead atoms. The van der Waals surface area contributed by atoms with Crippen molar-refractivity contribution in [1.29, 1.82) is 0 Å². The van der Waals surface area contributed by atoms with Crippen LogP contribution in [0, 0.1) is 18.8 Å². The Bertz CT molecular complexity index is 2850. The van der Waals surface area contributed by atoms with Gasteiger partial charge in [-0.3, -0.25) is 0 Å². The van der Waals surface area contributed by atoms with E-state index in [0.717, 1.165) is 50.4 Å². The minimum absolute atomic E-state index is 0. The van der Waals surface area contributed by atoms with E-state index in [9.17, 15) is 0 Å². The van der Waals surface area contributed by atoms with Crippen LogP contribution in [-0.4, -0.2) is 9.55 Å². The summed E-state index contributed by atoms with van der Waals surface area (Å²) in [7, 11) is 0. The summed E-state index contributed by atoms with van der Waals surface area (Å²) >= 11 is 0.